The summed E-state index contributed by atoms with van der Waals surface area (Å²) >= 11 is 9.33. The third kappa shape index (κ3) is 3.17. The fourth-order valence-corrected chi connectivity index (χ4v) is 3.04. The zero-order valence-electron chi connectivity index (χ0n) is 9.44. The van der Waals surface area contributed by atoms with Crippen molar-refractivity contribution in [3.8, 4) is 0 Å². The van der Waals surface area contributed by atoms with E-state index in [-0.39, 0.29) is 16.5 Å². The predicted octanol–water partition coefficient (Wildman–Crippen LogP) is 3.54. The van der Waals surface area contributed by atoms with Crippen LogP contribution < -0.4 is 11.1 Å². The van der Waals surface area contributed by atoms with E-state index in [1.807, 2.05) is 0 Å². The Balaban J connectivity index is 2.25. The van der Waals surface area contributed by atoms with E-state index in [2.05, 4.69) is 21.2 Å². The van der Waals surface area contributed by atoms with E-state index in [0.717, 1.165) is 0 Å². The summed E-state index contributed by atoms with van der Waals surface area (Å²) in [4.78, 5) is 12.5. The van der Waals surface area contributed by atoms with Crippen LogP contribution in [-0.4, -0.2) is 10.9 Å². The van der Waals surface area contributed by atoms with Crippen LogP contribution in [0, 0.1) is 5.82 Å². The van der Waals surface area contributed by atoms with Crippen molar-refractivity contribution >= 4 is 56.1 Å². The number of halogens is 2. The van der Waals surface area contributed by atoms with Crippen molar-refractivity contribution in [3.05, 3.63) is 50.4 Å². The molecule has 2 rings (SSSR count). The van der Waals surface area contributed by atoms with E-state index in [0.29, 0.717) is 15.0 Å². The van der Waals surface area contributed by atoms with Crippen molar-refractivity contribution in [2.75, 3.05) is 5.32 Å². The van der Waals surface area contributed by atoms with Gasteiger partial charge >= 0.3 is 0 Å². The van der Waals surface area contributed by atoms with E-state index >= 15 is 0 Å². The van der Waals surface area contributed by atoms with Crippen molar-refractivity contribution in [3.63, 3.8) is 0 Å². The fourth-order valence-electron chi connectivity index (χ4n) is 1.44. The van der Waals surface area contributed by atoms with Crippen molar-refractivity contribution in [2.45, 2.75) is 0 Å². The number of carbonyl (C=O) groups is 1. The molecule has 0 bridgehead atoms. The lowest BCUT2D eigenvalue weighted by molar-refractivity contribution is 0.103. The molecule has 1 aromatic heterocycles. The maximum absolute atomic E-state index is 13.4. The second-order valence-electron chi connectivity index (χ2n) is 3.61. The molecule has 1 heterocycles. The quantitative estimate of drug-likeness (QED) is 0.825. The first kappa shape index (κ1) is 14.1. The predicted molar refractivity (Wildman–Crippen MR) is 82.3 cm³/mol. The van der Waals surface area contributed by atoms with Gasteiger partial charge in [0.2, 0.25) is 0 Å². The third-order valence-corrected chi connectivity index (χ3v) is 4.37. The van der Waals surface area contributed by atoms with Crippen molar-refractivity contribution in [2.24, 2.45) is 5.73 Å². The van der Waals surface area contributed by atoms with Gasteiger partial charge in [0.05, 0.1) is 0 Å². The fraction of sp³-hybridized carbons (Fsp3) is 0. The first-order chi connectivity index (χ1) is 8.99. The van der Waals surface area contributed by atoms with Crippen LogP contribution in [0.25, 0.3) is 0 Å². The molecule has 7 heteroatoms. The molecule has 98 valence electrons. The molecular formula is C12H8BrFN2OS2. The number of anilines is 1. The van der Waals surface area contributed by atoms with E-state index in [1.54, 1.807) is 11.4 Å². The molecule has 1 aromatic carbocycles. The van der Waals surface area contributed by atoms with Gasteiger partial charge in [-0.2, -0.15) is 0 Å². The molecule has 0 saturated carbocycles. The molecule has 0 spiro atoms. The number of hydrogen-bond acceptors (Lipinski definition) is 3. The summed E-state index contributed by atoms with van der Waals surface area (Å²) in [5, 5.41) is 4.46. The van der Waals surface area contributed by atoms with Crippen molar-refractivity contribution < 1.29 is 9.18 Å². The Hall–Kier alpha value is -1.31. The smallest absolute Gasteiger partial charge is 0.266 e. The van der Waals surface area contributed by atoms with Gasteiger partial charge in [-0.15, -0.1) is 11.3 Å². The van der Waals surface area contributed by atoms with Crippen LogP contribution in [0.15, 0.2) is 34.1 Å². The van der Waals surface area contributed by atoms with Gasteiger partial charge in [-0.25, -0.2) is 4.39 Å². The van der Waals surface area contributed by atoms with Crippen LogP contribution in [0.2, 0.25) is 0 Å². The monoisotopic (exact) mass is 358 g/mol. The Morgan fingerprint density at radius 1 is 1.42 bits per heavy atom. The van der Waals surface area contributed by atoms with Gasteiger partial charge in [-0.05, 0) is 45.6 Å². The Labute approximate surface area is 126 Å². The van der Waals surface area contributed by atoms with Crippen LogP contribution in [-0.2, 0) is 0 Å². The highest BCUT2D eigenvalue weighted by molar-refractivity contribution is 9.10. The average Bonchev–Trinajstić information content (AvgIpc) is 2.77. The number of thiophene rings is 1. The molecule has 0 fully saturated rings. The van der Waals surface area contributed by atoms with Gasteiger partial charge in [-0.1, -0.05) is 12.2 Å². The Morgan fingerprint density at radius 2 is 2.16 bits per heavy atom. The highest BCUT2D eigenvalue weighted by atomic mass is 79.9. The lowest BCUT2D eigenvalue weighted by Crippen LogP contribution is -2.14. The van der Waals surface area contributed by atoms with Gasteiger partial charge in [0.1, 0.15) is 15.7 Å². The van der Waals surface area contributed by atoms with E-state index in [4.69, 9.17) is 18.0 Å². The van der Waals surface area contributed by atoms with E-state index in [9.17, 15) is 9.18 Å². The lowest BCUT2D eigenvalue weighted by Gasteiger charge is -2.07. The Kier molecular flexibility index (Phi) is 4.28. The number of benzene rings is 1. The summed E-state index contributed by atoms with van der Waals surface area (Å²) in [7, 11) is 0. The minimum absolute atomic E-state index is 0.0501. The van der Waals surface area contributed by atoms with Crippen LogP contribution in [0.5, 0.6) is 0 Å². The molecule has 0 unspecified atom stereocenters. The average molecular weight is 359 g/mol. The van der Waals surface area contributed by atoms with Gasteiger partial charge < -0.3 is 11.1 Å². The molecule has 0 aliphatic heterocycles. The topological polar surface area (TPSA) is 55.1 Å². The minimum Gasteiger partial charge on any atom is -0.389 e. The number of carbonyl (C=O) groups excluding carboxylic acids is 1. The molecule has 0 atom stereocenters. The molecule has 1 amide bonds. The first-order valence-electron chi connectivity index (χ1n) is 5.12. The molecule has 19 heavy (non-hydrogen) atoms. The van der Waals surface area contributed by atoms with Crippen LogP contribution in [0.3, 0.4) is 0 Å². The number of amides is 1. The maximum Gasteiger partial charge on any atom is 0.266 e. The van der Waals surface area contributed by atoms with Crippen LogP contribution in [0.4, 0.5) is 10.1 Å². The summed E-state index contributed by atoms with van der Waals surface area (Å²) in [6.45, 7) is 0. The standard InChI is InChI=1S/C12H8BrFN2OS2/c13-8-3-4-19-10(8)12(17)16-6-1-2-9(14)7(5-6)11(15)18/h1-5H,(H2,15,18)(H,16,17). The molecular weight excluding hydrogens is 351 g/mol. The third-order valence-electron chi connectivity index (χ3n) is 2.31. The summed E-state index contributed by atoms with van der Waals surface area (Å²) < 4.78 is 14.1. The number of nitrogens with one attached hydrogen (secondary N) is 1. The van der Waals surface area contributed by atoms with Crippen LogP contribution >= 0.6 is 39.5 Å². The van der Waals surface area contributed by atoms with Crippen LogP contribution in [0.1, 0.15) is 15.2 Å². The summed E-state index contributed by atoms with van der Waals surface area (Å²) in [5.41, 5.74) is 5.95. The number of nitrogens with two attached hydrogens (primary N) is 1. The highest BCUT2D eigenvalue weighted by Gasteiger charge is 2.13. The molecule has 2 aromatic rings. The Morgan fingerprint density at radius 3 is 2.74 bits per heavy atom. The first-order valence-corrected chi connectivity index (χ1v) is 7.21. The summed E-state index contributed by atoms with van der Waals surface area (Å²) in [6, 6.07) is 5.87. The maximum atomic E-state index is 13.4. The van der Waals surface area contributed by atoms with E-state index in [1.165, 1.54) is 29.5 Å². The number of rotatable bonds is 3. The molecule has 3 N–H and O–H groups in total. The van der Waals surface area contributed by atoms with E-state index < -0.39 is 5.82 Å². The second kappa shape index (κ2) is 5.77. The minimum atomic E-state index is -0.511. The molecule has 3 nitrogen and oxygen atoms in total. The van der Waals surface area contributed by atoms with Crippen molar-refractivity contribution in [1.82, 2.24) is 0 Å². The lowest BCUT2D eigenvalue weighted by atomic mass is 10.2. The molecule has 0 radical (unpaired) electrons. The zero-order valence-corrected chi connectivity index (χ0v) is 12.7. The molecule has 0 saturated heterocycles. The summed E-state index contributed by atoms with van der Waals surface area (Å²) in [5.74, 6) is -0.787. The Bertz CT molecular complexity index is 657. The van der Waals surface area contributed by atoms with Gasteiger partial charge in [0, 0.05) is 15.7 Å². The van der Waals surface area contributed by atoms with Crippen molar-refractivity contribution in [1.29, 1.82) is 0 Å². The highest BCUT2D eigenvalue weighted by Crippen LogP contribution is 2.24. The number of hydrogen-bond donors (Lipinski definition) is 2. The molecule has 0 aliphatic carbocycles. The largest absolute Gasteiger partial charge is 0.389 e. The zero-order chi connectivity index (χ0) is 14.0. The summed E-state index contributed by atoms with van der Waals surface area (Å²) in [6.07, 6.45) is 0. The van der Waals surface area contributed by atoms with Gasteiger partial charge in [-0.3, -0.25) is 4.79 Å². The number of thiocarbonyl (C=S) groups is 1. The van der Waals surface area contributed by atoms with Gasteiger partial charge in [0.25, 0.3) is 5.91 Å². The second-order valence-corrected chi connectivity index (χ2v) is 5.82. The van der Waals surface area contributed by atoms with Gasteiger partial charge in [0.15, 0.2) is 0 Å². The normalized spacial score (nSPS) is 10.2. The molecule has 0 aliphatic rings. The SMILES string of the molecule is NC(=S)c1cc(NC(=O)c2sccc2Br)ccc1F.